The molecule has 0 radical (unpaired) electrons. The second-order valence-corrected chi connectivity index (χ2v) is 7.27. The van der Waals surface area contributed by atoms with Crippen LogP contribution in [0.1, 0.15) is 5.56 Å². The minimum atomic E-state index is -0.359. The first kappa shape index (κ1) is 18.5. The van der Waals surface area contributed by atoms with E-state index in [0.717, 1.165) is 31.7 Å². The number of rotatable bonds is 6. The van der Waals surface area contributed by atoms with Crippen molar-refractivity contribution in [2.24, 2.45) is 0 Å². The fourth-order valence-electron chi connectivity index (χ4n) is 3.08. The highest BCUT2D eigenvalue weighted by Crippen LogP contribution is 2.34. The van der Waals surface area contributed by atoms with Gasteiger partial charge in [-0.3, -0.25) is 10.1 Å². The maximum Gasteiger partial charge on any atom is 0.293 e. The van der Waals surface area contributed by atoms with Crippen LogP contribution in [0.15, 0.2) is 58.2 Å². The second-order valence-electron chi connectivity index (χ2n) is 6.35. The lowest BCUT2D eigenvalue weighted by Gasteiger charge is -2.29. The van der Waals surface area contributed by atoms with Crippen molar-refractivity contribution in [2.45, 2.75) is 11.0 Å². The van der Waals surface area contributed by atoms with E-state index < -0.39 is 0 Å². The monoisotopic (exact) mass is 397 g/mol. The van der Waals surface area contributed by atoms with Gasteiger partial charge in [-0.1, -0.05) is 42.1 Å². The van der Waals surface area contributed by atoms with Crippen molar-refractivity contribution >= 4 is 23.1 Å². The summed E-state index contributed by atoms with van der Waals surface area (Å²) in [4.78, 5) is 13.3. The van der Waals surface area contributed by atoms with E-state index in [-0.39, 0.29) is 16.5 Å². The van der Waals surface area contributed by atoms with Crippen LogP contribution in [0.3, 0.4) is 0 Å². The summed E-state index contributed by atoms with van der Waals surface area (Å²) in [5.41, 5.74) is 2.37. The first-order valence-corrected chi connectivity index (χ1v) is 9.94. The minimum absolute atomic E-state index is 0.0519. The molecular formula is C19H19N5O3S. The van der Waals surface area contributed by atoms with Gasteiger partial charge in [0.2, 0.25) is 5.89 Å². The third kappa shape index (κ3) is 4.15. The third-order valence-corrected chi connectivity index (χ3v) is 5.38. The quantitative estimate of drug-likeness (QED) is 0.384. The number of piperazine rings is 1. The van der Waals surface area contributed by atoms with Gasteiger partial charge in [-0.2, -0.15) is 0 Å². The first-order valence-electron chi connectivity index (χ1n) is 8.95. The Balaban J connectivity index is 1.53. The summed E-state index contributed by atoms with van der Waals surface area (Å²) in [6, 6.07) is 15.1. The van der Waals surface area contributed by atoms with Gasteiger partial charge in [-0.05, 0) is 17.7 Å². The lowest BCUT2D eigenvalue weighted by molar-refractivity contribution is -0.384. The highest BCUT2D eigenvalue weighted by Gasteiger charge is 2.23. The molecule has 1 fully saturated rings. The molecule has 1 aliphatic heterocycles. The van der Waals surface area contributed by atoms with Crippen molar-refractivity contribution in [3.8, 4) is 11.5 Å². The lowest BCUT2D eigenvalue weighted by Crippen LogP contribution is -2.43. The van der Waals surface area contributed by atoms with Gasteiger partial charge < -0.3 is 14.6 Å². The molecule has 2 heterocycles. The Morgan fingerprint density at radius 3 is 2.68 bits per heavy atom. The molecule has 0 amide bonds. The van der Waals surface area contributed by atoms with Crippen LogP contribution in [-0.4, -0.2) is 41.3 Å². The molecule has 1 N–H and O–H groups in total. The Morgan fingerprint density at radius 2 is 1.93 bits per heavy atom. The molecule has 8 nitrogen and oxygen atoms in total. The molecule has 3 aromatic rings. The fraction of sp³-hybridized carbons (Fsp3) is 0.263. The number of nitrogens with one attached hydrogen (secondary N) is 1. The number of nitro benzene ring substituents is 1. The van der Waals surface area contributed by atoms with E-state index in [9.17, 15) is 10.1 Å². The maximum atomic E-state index is 11.6. The van der Waals surface area contributed by atoms with E-state index in [2.05, 4.69) is 15.5 Å². The molecule has 0 aliphatic carbocycles. The lowest BCUT2D eigenvalue weighted by atomic mass is 10.1. The van der Waals surface area contributed by atoms with E-state index in [0.29, 0.717) is 22.2 Å². The number of aromatic nitrogens is 2. The SMILES string of the molecule is O=[N+]([O-])c1cc(-c2nnc(SCc3ccccc3)o2)ccc1N1CCNCC1. The number of nitro groups is 1. The third-order valence-electron chi connectivity index (χ3n) is 4.49. The largest absolute Gasteiger partial charge is 0.411 e. The molecule has 0 bridgehead atoms. The molecular weight excluding hydrogens is 378 g/mol. The highest BCUT2D eigenvalue weighted by molar-refractivity contribution is 7.98. The average molecular weight is 397 g/mol. The number of hydrogen-bond donors (Lipinski definition) is 1. The van der Waals surface area contributed by atoms with Crippen LogP contribution in [-0.2, 0) is 5.75 Å². The van der Waals surface area contributed by atoms with Crippen molar-refractivity contribution in [1.29, 1.82) is 0 Å². The van der Waals surface area contributed by atoms with Gasteiger partial charge >= 0.3 is 0 Å². The van der Waals surface area contributed by atoms with Crippen LogP contribution in [0.5, 0.6) is 0 Å². The molecule has 1 aromatic heterocycles. The predicted octanol–water partition coefficient (Wildman–Crippen LogP) is 3.35. The molecule has 0 unspecified atom stereocenters. The first-order chi connectivity index (χ1) is 13.7. The summed E-state index contributed by atoms with van der Waals surface area (Å²) in [5.74, 6) is 0.996. The summed E-state index contributed by atoms with van der Waals surface area (Å²) in [5, 5.41) is 23.4. The van der Waals surface area contributed by atoms with Crippen LogP contribution in [0.2, 0.25) is 0 Å². The Hall–Kier alpha value is -2.91. The zero-order valence-electron chi connectivity index (χ0n) is 15.1. The molecule has 4 rings (SSSR count). The summed E-state index contributed by atoms with van der Waals surface area (Å²) in [7, 11) is 0. The number of nitrogens with zero attached hydrogens (tertiary/aromatic N) is 4. The smallest absolute Gasteiger partial charge is 0.293 e. The fourth-order valence-corrected chi connectivity index (χ4v) is 3.80. The Morgan fingerprint density at radius 1 is 1.14 bits per heavy atom. The molecule has 2 aromatic carbocycles. The average Bonchev–Trinajstić information content (AvgIpc) is 3.22. The summed E-state index contributed by atoms with van der Waals surface area (Å²) in [6.45, 7) is 3.09. The minimum Gasteiger partial charge on any atom is -0.411 e. The topological polar surface area (TPSA) is 97.3 Å². The molecule has 0 spiro atoms. The second kappa shape index (κ2) is 8.41. The molecule has 28 heavy (non-hydrogen) atoms. The zero-order chi connectivity index (χ0) is 19.3. The van der Waals surface area contributed by atoms with Gasteiger partial charge in [0, 0.05) is 43.6 Å². The maximum absolute atomic E-state index is 11.6. The van der Waals surface area contributed by atoms with Crippen molar-refractivity contribution in [3.63, 3.8) is 0 Å². The van der Waals surface area contributed by atoms with Gasteiger partial charge in [0.15, 0.2) is 0 Å². The van der Waals surface area contributed by atoms with E-state index in [1.54, 1.807) is 12.1 Å². The number of benzene rings is 2. The van der Waals surface area contributed by atoms with Crippen LogP contribution < -0.4 is 10.2 Å². The van der Waals surface area contributed by atoms with Gasteiger partial charge in [-0.15, -0.1) is 10.2 Å². The molecule has 1 saturated heterocycles. The number of hydrogen-bond acceptors (Lipinski definition) is 8. The van der Waals surface area contributed by atoms with Crippen LogP contribution in [0.4, 0.5) is 11.4 Å². The number of anilines is 1. The highest BCUT2D eigenvalue weighted by atomic mass is 32.2. The van der Waals surface area contributed by atoms with Gasteiger partial charge in [0.25, 0.3) is 10.9 Å². The Bertz CT molecular complexity index is 957. The summed E-state index contributed by atoms with van der Waals surface area (Å²) in [6.07, 6.45) is 0. The van der Waals surface area contributed by atoms with E-state index >= 15 is 0 Å². The molecule has 0 atom stereocenters. The van der Waals surface area contributed by atoms with Crippen LogP contribution in [0.25, 0.3) is 11.5 Å². The zero-order valence-corrected chi connectivity index (χ0v) is 15.9. The Kier molecular flexibility index (Phi) is 5.54. The van der Waals surface area contributed by atoms with Crippen LogP contribution in [0, 0.1) is 10.1 Å². The van der Waals surface area contributed by atoms with Crippen molar-refractivity contribution in [1.82, 2.24) is 15.5 Å². The van der Waals surface area contributed by atoms with Gasteiger partial charge in [0.05, 0.1) is 4.92 Å². The van der Waals surface area contributed by atoms with E-state index in [1.807, 2.05) is 35.2 Å². The standard InChI is InChI=1S/C19H19N5O3S/c25-24(26)17-12-15(6-7-16(17)23-10-8-20-9-11-23)18-21-22-19(27-18)28-13-14-4-2-1-3-5-14/h1-7,12,20H,8-11,13H2. The van der Waals surface area contributed by atoms with Gasteiger partial charge in [0.1, 0.15) is 5.69 Å². The predicted molar refractivity (Wildman–Crippen MR) is 107 cm³/mol. The molecule has 9 heteroatoms. The molecule has 144 valence electrons. The van der Waals surface area contributed by atoms with E-state index in [1.165, 1.54) is 17.8 Å². The number of thioether (sulfide) groups is 1. The summed E-state index contributed by atoms with van der Waals surface area (Å²) < 4.78 is 5.71. The molecule has 0 saturated carbocycles. The molecule has 1 aliphatic rings. The van der Waals surface area contributed by atoms with E-state index in [4.69, 9.17) is 4.42 Å². The summed E-state index contributed by atoms with van der Waals surface area (Å²) >= 11 is 1.44. The van der Waals surface area contributed by atoms with Gasteiger partial charge in [-0.25, -0.2) is 0 Å². The normalized spacial score (nSPS) is 14.2. The van der Waals surface area contributed by atoms with Crippen molar-refractivity contribution in [2.75, 3.05) is 31.1 Å². The van der Waals surface area contributed by atoms with Crippen molar-refractivity contribution < 1.29 is 9.34 Å². The van der Waals surface area contributed by atoms with Crippen molar-refractivity contribution in [3.05, 3.63) is 64.2 Å². The Labute approximate surface area is 166 Å². The van der Waals surface area contributed by atoms with Crippen LogP contribution >= 0.6 is 11.8 Å².